The van der Waals surface area contributed by atoms with E-state index in [-0.39, 0.29) is 0 Å². The molecule has 70 valence electrons. The number of nitrogens with zero attached hydrogens (tertiary/aromatic N) is 1. The van der Waals surface area contributed by atoms with Crippen LogP contribution in [0.4, 0.5) is 0 Å². The number of halogens is 2. The van der Waals surface area contributed by atoms with Gasteiger partial charge >= 0.3 is 0 Å². The molecule has 0 bridgehead atoms. The van der Waals surface area contributed by atoms with Crippen molar-refractivity contribution in [2.75, 3.05) is 0 Å². The third-order valence-corrected chi connectivity index (χ3v) is 2.99. The maximum Gasteiger partial charge on any atom is 0.192 e. The average Bonchev–Trinajstić information content (AvgIpc) is 2.69. The highest BCUT2D eigenvalue weighted by Gasteiger charge is 2.14. The van der Waals surface area contributed by atoms with Gasteiger partial charge in [-0.2, -0.15) is 5.10 Å². The van der Waals surface area contributed by atoms with E-state index < -0.39 is 0 Å². The van der Waals surface area contributed by atoms with Gasteiger partial charge in [-0.05, 0) is 28.1 Å². The average molecular weight is 272 g/mol. The Kier molecular flexibility index (Phi) is 1.63. The van der Waals surface area contributed by atoms with E-state index in [1.165, 1.54) is 0 Å². The van der Waals surface area contributed by atoms with Crippen molar-refractivity contribution in [3.63, 3.8) is 0 Å². The fourth-order valence-electron chi connectivity index (χ4n) is 1.49. The molecule has 1 N–H and O–H groups in total. The van der Waals surface area contributed by atoms with E-state index in [2.05, 4.69) is 26.1 Å². The number of para-hydroxylation sites is 1. The van der Waals surface area contributed by atoms with Crippen molar-refractivity contribution >= 4 is 49.6 Å². The topological polar surface area (TPSA) is 41.8 Å². The minimum Gasteiger partial charge on any atom is -0.450 e. The van der Waals surface area contributed by atoms with Gasteiger partial charge in [-0.15, -0.1) is 0 Å². The van der Waals surface area contributed by atoms with Crippen LogP contribution in [0.3, 0.4) is 0 Å². The van der Waals surface area contributed by atoms with E-state index in [0.29, 0.717) is 10.7 Å². The summed E-state index contributed by atoms with van der Waals surface area (Å²) in [4.78, 5) is 0. The molecule has 5 heteroatoms. The highest BCUT2D eigenvalue weighted by molar-refractivity contribution is 9.10. The van der Waals surface area contributed by atoms with E-state index in [4.69, 9.17) is 16.0 Å². The van der Waals surface area contributed by atoms with Gasteiger partial charge in [0.2, 0.25) is 0 Å². The highest BCUT2D eigenvalue weighted by atomic mass is 79.9. The summed E-state index contributed by atoms with van der Waals surface area (Å²) in [5.74, 6) is 0. The molecule has 0 atom stereocenters. The number of rotatable bonds is 0. The van der Waals surface area contributed by atoms with Crippen LogP contribution >= 0.6 is 27.5 Å². The summed E-state index contributed by atoms with van der Waals surface area (Å²) in [6, 6.07) is 5.80. The molecule has 0 amide bonds. The number of hydrogen-bond donors (Lipinski definition) is 1. The Balaban J connectivity index is 2.63. The zero-order chi connectivity index (χ0) is 9.71. The molecule has 0 saturated heterocycles. The number of aromatic nitrogens is 2. The summed E-state index contributed by atoms with van der Waals surface area (Å²) >= 11 is 9.28. The number of benzene rings is 1. The van der Waals surface area contributed by atoms with Gasteiger partial charge in [-0.3, -0.25) is 5.10 Å². The first kappa shape index (κ1) is 8.32. The largest absolute Gasteiger partial charge is 0.450 e. The minimum absolute atomic E-state index is 0.433. The monoisotopic (exact) mass is 270 g/mol. The molecule has 0 fully saturated rings. The minimum atomic E-state index is 0.433. The lowest BCUT2D eigenvalue weighted by atomic mass is 10.2. The number of aromatic amines is 1. The molecule has 0 aliphatic carbocycles. The van der Waals surface area contributed by atoms with Crippen molar-refractivity contribution in [1.82, 2.24) is 10.2 Å². The second-order valence-electron chi connectivity index (χ2n) is 2.93. The summed E-state index contributed by atoms with van der Waals surface area (Å²) in [5, 5.41) is 8.14. The van der Waals surface area contributed by atoms with Gasteiger partial charge in [0.1, 0.15) is 5.52 Å². The maximum absolute atomic E-state index is 5.87. The van der Waals surface area contributed by atoms with E-state index >= 15 is 0 Å². The normalized spacial score (nSPS) is 11.6. The first-order valence-corrected chi connectivity index (χ1v) is 5.15. The molecule has 0 unspecified atom stereocenters. The van der Waals surface area contributed by atoms with Crippen LogP contribution in [0, 0.1) is 0 Å². The predicted molar refractivity (Wildman–Crippen MR) is 58.6 cm³/mol. The second kappa shape index (κ2) is 2.74. The van der Waals surface area contributed by atoms with E-state index in [1.54, 1.807) is 0 Å². The van der Waals surface area contributed by atoms with Crippen molar-refractivity contribution in [1.29, 1.82) is 0 Å². The summed E-state index contributed by atoms with van der Waals surface area (Å²) in [5.41, 5.74) is 2.15. The van der Waals surface area contributed by atoms with Crippen molar-refractivity contribution in [2.24, 2.45) is 0 Å². The predicted octanol–water partition coefficient (Wildman–Crippen LogP) is 3.73. The molecule has 3 aromatic rings. The maximum atomic E-state index is 5.87. The van der Waals surface area contributed by atoms with Crippen LogP contribution in [0.15, 0.2) is 27.1 Å². The third-order valence-electron chi connectivity index (χ3n) is 2.11. The van der Waals surface area contributed by atoms with Gasteiger partial charge in [-0.1, -0.05) is 17.7 Å². The molecule has 0 aliphatic rings. The van der Waals surface area contributed by atoms with Crippen LogP contribution < -0.4 is 0 Å². The first-order chi connectivity index (χ1) is 6.77. The molecule has 0 aliphatic heterocycles. The van der Waals surface area contributed by atoms with E-state index in [1.807, 2.05) is 18.2 Å². The molecule has 3 nitrogen and oxygen atoms in total. The van der Waals surface area contributed by atoms with Crippen molar-refractivity contribution in [2.45, 2.75) is 0 Å². The van der Waals surface area contributed by atoms with Crippen molar-refractivity contribution in [3.05, 3.63) is 27.8 Å². The van der Waals surface area contributed by atoms with Gasteiger partial charge in [0.25, 0.3) is 0 Å². The van der Waals surface area contributed by atoms with Crippen LogP contribution in [0.2, 0.25) is 5.15 Å². The molecule has 0 saturated carbocycles. The number of furan rings is 1. The van der Waals surface area contributed by atoms with Gasteiger partial charge in [0.15, 0.2) is 16.3 Å². The Hall–Kier alpha value is -1.00. The quantitative estimate of drug-likeness (QED) is 0.677. The highest BCUT2D eigenvalue weighted by Crippen LogP contribution is 2.34. The summed E-state index contributed by atoms with van der Waals surface area (Å²) in [6.45, 7) is 0. The van der Waals surface area contributed by atoms with E-state index in [0.717, 1.165) is 21.0 Å². The number of H-pyrrole nitrogens is 1. The fourth-order valence-corrected chi connectivity index (χ4v) is 2.10. The molecule has 2 aromatic heterocycles. The smallest absolute Gasteiger partial charge is 0.192 e. The summed E-state index contributed by atoms with van der Waals surface area (Å²) < 4.78 is 6.49. The van der Waals surface area contributed by atoms with Crippen LogP contribution in [0.5, 0.6) is 0 Å². The Morgan fingerprint density at radius 3 is 3.07 bits per heavy atom. The molecule has 3 rings (SSSR count). The third kappa shape index (κ3) is 0.952. The van der Waals surface area contributed by atoms with Crippen LogP contribution in [0.1, 0.15) is 0 Å². The molecular formula is C9H4BrClN2O. The van der Waals surface area contributed by atoms with Crippen LogP contribution in [0.25, 0.3) is 22.1 Å². The summed E-state index contributed by atoms with van der Waals surface area (Å²) in [7, 11) is 0. The molecule has 0 radical (unpaired) electrons. The zero-order valence-electron chi connectivity index (χ0n) is 6.84. The van der Waals surface area contributed by atoms with E-state index in [9.17, 15) is 0 Å². The van der Waals surface area contributed by atoms with Gasteiger partial charge in [0, 0.05) is 5.39 Å². The lowest BCUT2D eigenvalue weighted by Gasteiger charge is -1.90. The van der Waals surface area contributed by atoms with Crippen molar-refractivity contribution < 1.29 is 4.42 Å². The lowest BCUT2D eigenvalue weighted by molar-refractivity contribution is 0.666. The first-order valence-electron chi connectivity index (χ1n) is 3.98. The van der Waals surface area contributed by atoms with Gasteiger partial charge in [-0.25, -0.2) is 0 Å². The molecule has 1 aromatic carbocycles. The van der Waals surface area contributed by atoms with Gasteiger partial charge in [0.05, 0.1) is 4.47 Å². The Labute approximate surface area is 92.2 Å². The molecule has 14 heavy (non-hydrogen) atoms. The van der Waals surface area contributed by atoms with Gasteiger partial charge < -0.3 is 4.42 Å². The lowest BCUT2D eigenvalue weighted by Crippen LogP contribution is -1.70. The van der Waals surface area contributed by atoms with Crippen molar-refractivity contribution in [3.8, 4) is 0 Å². The molecule has 2 heterocycles. The Morgan fingerprint density at radius 2 is 2.21 bits per heavy atom. The molecule has 0 spiro atoms. The number of fused-ring (bicyclic) bond motifs is 3. The Morgan fingerprint density at radius 1 is 1.36 bits per heavy atom. The summed E-state index contributed by atoms with van der Waals surface area (Å²) in [6.07, 6.45) is 0. The Bertz CT molecular complexity index is 628. The zero-order valence-corrected chi connectivity index (χ0v) is 9.19. The number of nitrogens with one attached hydrogen (secondary N) is 1. The second-order valence-corrected chi connectivity index (χ2v) is 4.17. The van der Waals surface area contributed by atoms with Crippen LogP contribution in [-0.2, 0) is 0 Å². The van der Waals surface area contributed by atoms with Crippen LogP contribution in [-0.4, -0.2) is 10.2 Å². The standard InChI is InChI=1S/C9H4BrClN2O/c10-5-3-1-2-4-6-8(14-7(4)5)9(11)13-12-6/h1-3H,(H,12,13). The fraction of sp³-hybridized carbons (Fsp3) is 0. The molecular weight excluding hydrogens is 267 g/mol. The SMILES string of the molecule is Clc1[nH]nc2c1oc1c(Br)cccc12. The number of hydrogen-bond acceptors (Lipinski definition) is 2.